The van der Waals surface area contributed by atoms with E-state index < -0.39 is 0 Å². The molecule has 2 heterocycles. The van der Waals surface area contributed by atoms with Gasteiger partial charge < -0.3 is 9.47 Å². The van der Waals surface area contributed by atoms with Crippen molar-refractivity contribution in [1.29, 1.82) is 0 Å². The Balaban J connectivity index is 0.983. The molecular weight excluding hydrogens is 723 g/mol. The molecule has 1 aliphatic heterocycles. The van der Waals surface area contributed by atoms with E-state index in [0.29, 0.717) is 34.7 Å². The molecule has 59 heavy (non-hydrogen) atoms. The Morgan fingerprint density at radius 1 is 0.305 bits per heavy atom. The SMILES string of the molecule is CC1(C)c2ccccc2-c2cc3c(cc21)Oc1cc(-c2ccccc2-c2nc(-c4ccc(-c5ccccc5)cc4)nc(-c4ccc(-c5ccccc5)cc4)n2)ccc1O3. The molecule has 0 radical (unpaired) electrons. The summed E-state index contributed by atoms with van der Waals surface area (Å²) in [6, 6.07) is 64.9. The third-order valence-corrected chi connectivity index (χ3v) is 11.6. The molecular formula is C54H37N3O2. The van der Waals surface area contributed by atoms with Gasteiger partial charge in [-0.05, 0) is 79.9 Å². The standard InChI is InChI=1S/C54H37N3O2/c1-54(2)45-20-12-11-18-42(45)44-32-49-50(33-46(44)54)59-48-31-40(29-30-47(48)58-49)41-17-9-10-19-43(41)53-56-51(38-25-21-36(22-26-38)34-13-5-3-6-14-34)55-52(57-53)39-27-23-37(24-28-39)35-15-7-4-8-16-35/h3-33H,1-2H3. The summed E-state index contributed by atoms with van der Waals surface area (Å²) in [7, 11) is 0. The Bertz CT molecular complexity index is 2950. The van der Waals surface area contributed by atoms with Crippen molar-refractivity contribution >= 4 is 0 Å². The van der Waals surface area contributed by atoms with Crippen molar-refractivity contribution < 1.29 is 9.47 Å². The van der Waals surface area contributed by atoms with Crippen LogP contribution < -0.4 is 9.47 Å². The highest BCUT2D eigenvalue weighted by Crippen LogP contribution is 2.55. The quantitative estimate of drug-likeness (QED) is 0.169. The van der Waals surface area contributed by atoms with E-state index in [1.165, 1.54) is 22.3 Å². The third-order valence-electron chi connectivity index (χ3n) is 11.6. The fraction of sp³-hybridized carbons (Fsp3) is 0.0556. The number of ether oxygens (including phenoxy) is 2. The van der Waals surface area contributed by atoms with Crippen molar-refractivity contribution in [1.82, 2.24) is 15.0 Å². The van der Waals surface area contributed by atoms with Crippen molar-refractivity contribution in [2.75, 3.05) is 0 Å². The van der Waals surface area contributed by atoms with Gasteiger partial charge in [0, 0.05) is 22.1 Å². The lowest BCUT2D eigenvalue weighted by atomic mass is 9.82. The van der Waals surface area contributed by atoms with Crippen LogP contribution in [0.2, 0.25) is 0 Å². The van der Waals surface area contributed by atoms with Gasteiger partial charge in [0.05, 0.1) is 0 Å². The molecule has 1 aromatic heterocycles. The highest BCUT2D eigenvalue weighted by atomic mass is 16.6. The van der Waals surface area contributed by atoms with Gasteiger partial charge in [0.15, 0.2) is 40.5 Å². The fourth-order valence-corrected chi connectivity index (χ4v) is 8.51. The molecule has 280 valence electrons. The smallest absolute Gasteiger partial charge is 0.170 e. The second-order valence-corrected chi connectivity index (χ2v) is 15.6. The molecule has 2 aliphatic rings. The van der Waals surface area contributed by atoms with Crippen LogP contribution in [0.25, 0.3) is 78.7 Å². The molecule has 5 heteroatoms. The number of hydrogen-bond acceptors (Lipinski definition) is 5. The maximum Gasteiger partial charge on any atom is 0.170 e. The predicted molar refractivity (Wildman–Crippen MR) is 237 cm³/mol. The lowest BCUT2D eigenvalue weighted by Gasteiger charge is -2.25. The lowest BCUT2D eigenvalue weighted by Crippen LogP contribution is -2.15. The number of hydrogen-bond donors (Lipinski definition) is 0. The van der Waals surface area contributed by atoms with Crippen molar-refractivity contribution in [3.63, 3.8) is 0 Å². The van der Waals surface area contributed by atoms with Crippen LogP contribution in [-0.2, 0) is 5.41 Å². The summed E-state index contributed by atoms with van der Waals surface area (Å²) < 4.78 is 13.2. The topological polar surface area (TPSA) is 57.1 Å². The van der Waals surface area contributed by atoms with E-state index in [1.54, 1.807) is 0 Å². The molecule has 0 N–H and O–H groups in total. The first-order chi connectivity index (χ1) is 29.0. The van der Waals surface area contributed by atoms with E-state index in [9.17, 15) is 0 Å². The van der Waals surface area contributed by atoms with Crippen LogP contribution in [-0.4, -0.2) is 15.0 Å². The molecule has 0 saturated carbocycles. The minimum absolute atomic E-state index is 0.151. The van der Waals surface area contributed by atoms with E-state index in [2.05, 4.69) is 172 Å². The second kappa shape index (κ2) is 13.8. The summed E-state index contributed by atoms with van der Waals surface area (Å²) in [5, 5.41) is 0. The highest BCUT2D eigenvalue weighted by molar-refractivity contribution is 5.85. The number of fused-ring (bicyclic) bond motifs is 5. The van der Waals surface area contributed by atoms with Crippen molar-refractivity contribution in [3.8, 4) is 102 Å². The molecule has 0 amide bonds. The number of aromatic nitrogens is 3. The van der Waals surface area contributed by atoms with Crippen molar-refractivity contribution in [2.45, 2.75) is 19.3 Å². The van der Waals surface area contributed by atoms with E-state index in [-0.39, 0.29) is 5.41 Å². The van der Waals surface area contributed by atoms with Gasteiger partial charge in [-0.2, -0.15) is 0 Å². The van der Waals surface area contributed by atoms with Gasteiger partial charge in [0.1, 0.15) is 0 Å². The molecule has 0 fully saturated rings. The van der Waals surface area contributed by atoms with E-state index in [4.69, 9.17) is 24.4 Å². The number of benzene rings is 8. The largest absolute Gasteiger partial charge is 0.449 e. The van der Waals surface area contributed by atoms with Crippen molar-refractivity contribution in [2.24, 2.45) is 0 Å². The summed E-state index contributed by atoms with van der Waals surface area (Å²) >= 11 is 0. The monoisotopic (exact) mass is 759 g/mol. The van der Waals surface area contributed by atoms with E-state index in [0.717, 1.165) is 55.8 Å². The van der Waals surface area contributed by atoms with E-state index >= 15 is 0 Å². The maximum atomic E-state index is 6.67. The molecule has 11 rings (SSSR count). The first-order valence-electron chi connectivity index (χ1n) is 19.9. The van der Waals surface area contributed by atoms with Gasteiger partial charge in [-0.3, -0.25) is 0 Å². The van der Waals surface area contributed by atoms with Gasteiger partial charge in [-0.1, -0.05) is 178 Å². The summed E-state index contributed by atoms with van der Waals surface area (Å²) in [6.45, 7) is 4.54. The molecule has 0 bridgehead atoms. The lowest BCUT2D eigenvalue weighted by molar-refractivity contribution is 0.359. The summed E-state index contributed by atoms with van der Waals surface area (Å²) in [4.78, 5) is 15.4. The van der Waals surface area contributed by atoms with Gasteiger partial charge in [-0.15, -0.1) is 0 Å². The van der Waals surface area contributed by atoms with Crippen molar-refractivity contribution in [3.05, 3.63) is 199 Å². The highest BCUT2D eigenvalue weighted by Gasteiger charge is 2.37. The van der Waals surface area contributed by atoms with Crippen LogP contribution in [0.4, 0.5) is 0 Å². The Kier molecular flexibility index (Phi) is 8.09. The summed E-state index contributed by atoms with van der Waals surface area (Å²) in [6.07, 6.45) is 0. The van der Waals surface area contributed by atoms with Crippen LogP contribution in [0, 0.1) is 0 Å². The number of rotatable bonds is 6. The maximum absolute atomic E-state index is 6.67. The fourth-order valence-electron chi connectivity index (χ4n) is 8.51. The number of nitrogens with zero attached hydrogens (tertiary/aromatic N) is 3. The first kappa shape index (κ1) is 34.6. The predicted octanol–water partition coefficient (Wildman–Crippen LogP) is 14.1. The Morgan fingerprint density at radius 2 is 0.746 bits per heavy atom. The summed E-state index contributed by atoms with van der Waals surface area (Å²) in [5.74, 6) is 4.55. The van der Waals surface area contributed by atoms with Crippen LogP contribution in [0.5, 0.6) is 23.0 Å². The molecule has 0 spiro atoms. The third kappa shape index (κ3) is 6.07. The molecule has 5 nitrogen and oxygen atoms in total. The van der Waals surface area contributed by atoms with Crippen LogP contribution in [0.15, 0.2) is 188 Å². The average molecular weight is 760 g/mol. The molecule has 8 aromatic carbocycles. The van der Waals surface area contributed by atoms with Gasteiger partial charge in [-0.25, -0.2) is 15.0 Å². The van der Waals surface area contributed by atoms with Gasteiger partial charge >= 0.3 is 0 Å². The van der Waals surface area contributed by atoms with E-state index in [1.807, 2.05) is 30.3 Å². The van der Waals surface area contributed by atoms with Gasteiger partial charge in [0.2, 0.25) is 0 Å². The normalized spacial score (nSPS) is 13.0. The average Bonchev–Trinajstić information content (AvgIpc) is 3.52. The van der Waals surface area contributed by atoms with Crippen LogP contribution in [0.1, 0.15) is 25.0 Å². The van der Waals surface area contributed by atoms with Gasteiger partial charge in [0.25, 0.3) is 0 Å². The Morgan fingerprint density at radius 3 is 1.37 bits per heavy atom. The van der Waals surface area contributed by atoms with Crippen LogP contribution in [0.3, 0.4) is 0 Å². The zero-order chi connectivity index (χ0) is 39.5. The second-order valence-electron chi connectivity index (χ2n) is 15.6. The molecule has 1 aliphatic carbocycles. The van der Waals surface area contributed by atoms with Crippen LogP contribution >= 0.6 is 0 Å². The Labute approximate surface area is 343 Å². The molecule has 9 aromatic rings. The summed E-state index contributed by atoms with van der Waals surface area (Å²) in [5.41, 5.74) is 14.0. The zero-order valence-electron chi connectivity index (χ0n) is 32.6. The minimum atomic E-state index is -0.151. The zero-order valence-corrected chi connectivity index (χ0v) is 32.6. The molecule has 0 saturated heterocycles. The first-order valence-corrected chi connectivity index (χ1v) is 19.9. The Hall–Kier alpha value is -7.63. The minimum Gasteiger partial charge on any atom is -0.449 e. The molecule has 0 unspecified atom stereocenters. The molecule has 0 atom stereocenters.